The monoisotopic (exact) mass is 423 g/mol. The SMILES string of the molecule is CCc1ccc(C(=O)/C=C/c2ccc(OC)c(COc3ccccc3[N+](=O)[O-])c2)s1. The van der Waals surface area contributed by atoms with E-state index in [1.54, 1.807) is 43.5 Å². The largest absolute Gasteiger partial charge is 0.496 e. The minimum Gasteiger partial charge on any atom is -0.496 e. The van der Waals surface area contributed by atoms with E-state index in [0.29, 0.717) is 10.6 Å². The molecule has 0 radical (unpaired) electrons. The second-order valence-electron chi connectivity index (χ2n) is 6.40. The van der Waals surface area contributed by atoms with Gasteiger partial charge in [-0.2, -0.15) is 0 Å². The summed E-state index contributed by atoms with van der Waals surface area (Å²) in [5, 5.41) is 11.2. The van der Waals surface area contributed by atoms with Crippen LogP contribution in [0.3, 0.4) is 0 Å². The summed E-state index contributed by atoms with van der Waals surface area (Å²) in [5.41, 5.74) is 1.42. The van der Waals surface area contributed by atoms with E-state index in [1.165, 1.54) is 22.3 Å². The van der Waals surface area contributed by atoms with Gasteiger partial charge >= 0.3 is 5.69 Å². The van der Waals surface area contributed by atoms with Gasteiger partial charge in [0.05, 0.1) is 16.9 Å². The molecule has 0 aliphatic carbocycles. The number of ketones is 1. The van der Waals surface area contributed by atoms with Gasteiger partial charge in [-0.05, 0) is 48.4 Å². The van der Waals surface area contributed by atoms with Gasteiger partial charge in [0.1, 0.15) is 12.4 Å². The van der Waals surface area contributed by atoms with E-state index < -0.39 is 4.92 Å². The first-order valence-corrected chi connectivity index (χ1v) is 10.2. The third-order valence-corrected chi connectivity index (χ3v) is 5.67. The van der Waals surface area contributed by atoms with Crippen LogP contribution in [0, 0.1) is 10.1 Å². The van der Waals surface area contributed by atoms with Crippen LogP contribution in [-0.2, 0) is 13.0 Å². The summed E-state index contributed by atoms with van der Waals surface area (Å²) in [7, 11) is 1.55. The van der Waals surface area contributed by atoms with Gasteiger partial charge in [0.15, 0.2) is 11.5 Å². The summed E-state index contributed by atoms with van der Waals surface area (Å²) in [6.07, 6.45) is 4.18. The van der Waals surface area contributed by atoms with Crippen molar-refractivity contribution in [2.45, 2.75) is 20.0 Å². The van der Waals surface area contributed by atoms with Gasteiger partial charge in [0, 0.05) is 16.5 Å². The lowest BCUT2D eigenvalue weighted by Gasteiger charge is -2.11. The Balaban J connectivity index is 1.77. The molecular formula is C23H21NO5S. The van der Waals surface area contributed by atoms with E-state index in [1.807, 2.05) is 24.3 Å². The minimum absolute atomic E-state index is 0.0479. The Morgan fingerprint density at radius 2 is 1.93 bits per heavy atom. The summed E-state index contributed by atoms with van der Waals surface area (Å²) < 4.78 is 11.1. The molecule has 0 aliphatic rings. The standard InChI is InChI=1S/C23H21NO5S/c1-3-18-10-13-23(30-18)20(25)11-8-16-9-12-21(28-2)17(14-16)15-29-22-7-5-4-6-19(22)24(26)27/h4-14H,3,15H2,1-2H3/b11-8+. The highest BCUT2D eigenvalue weighted by Gasteiger charge is 2.15. The molecule has 0 saturated heterocycles. The number of nitro benzene ring substituents is 1. The second-order valence-corrected chi connectivity index (χ2v) is 7.57. The van der Waals surface area contributed by atoms with Crippen LogP contribution in [-0.4, -0.2) is 17.8 Å². The molecule has 1 heterocycles. The quantitative estimate of drug-likeness (QED) is 0.191. The molecule has 0 N–H and O–H groups in total. The fourth-order valence-electron chi connectivity index (χ4n) is 2.85. The summed E-state index contributed by atoms with van der Waals surface area (Å²) in [6, 6.07) is 15.5. The molecule has 3 rings (SSSR count). The maximum atomic E-state index is 12.4. The third kappa shape index (κ3) is 5.12. The second kappa shape index (κ2) is 9.84. The Morgan fingerprint density at radius 1 is 1.13 bits per heavy atom. The number of aryl methyl sites for hydroxylation is 1. The van der Waals surface area contributed by atoms with Gasteiger partial charge < -0.3 is 9.47 Å². The van der Waals surface area contributed by atoms with Gasteiger partial charge in [-0.15, -0.1) is 11.3 Å². The minimum atomic E-state index is -0.480. The number of carbonyl (C=O) groups excluding carboxylic acids is 1. The van der Waals surface area contributed by atoms with Gasteiger partial charge in [0.2, 0.25) is 0 Å². The van der Waals surface area contributed by atoms with Crippen LogP contribution < -0.4 is 9.47 Å². The Bertz CT molecular complexity index is 1090. The van der Waals surface area contributed by atoms with Gasteiger partial charge in [-0.25, -0.2) is 0 Å². The number of thiophene rings is 1. The zero-order valence-corrected chi connectivity index (χ0v) is 17.5. The summed E-state index contributed by atoms with van der Waals surface area (Å²) >= 11 is 1.50. The van der Waals surface area contributed by atoms with Gasteiger partial charge in [0.25, 0.3) is 0 Å². The fraction of sp³-hybridized carbons (Fsp3) is 0.174. The lowest BCUT2D eigenvalue weighted by Crippen LogP contribution is -2.01. The molecule has 0 atom stereocenters. The summed E-state index contributed by atoms with van der Waals surface area (Å²) in [4.78, 5) is 24.9. The first-order chi connectivity index (χ1) is 14.5. The molecule has 1 aromatic heterocycles. The van der Waals surface area contributed by atoms with Gasteiger partial charge in [-0.3, -0.25) is 14.9 Å². The van der Waals surface area contributed by atoms with Crippen molar-refractivity contribution in [3.8, 4) is 11.5 Å². The smallest absolute Gasteiger partial charge is 0.310 e. The van der Waals surface area contributed by atoms with Crippen molar-refractivity contribution in [1.82, 2.24) is 0 Å². The fourth-order valence-corrected chi connectivity index (χ4v) is 3.72. The lowest BCUT2D eigenvalue weighted by molar-refractivity contribution is -0.385. The molecule has 0 amide bonds. The number of hydrogen-bond donors (Lipinski definition) is 0. The highest BCUT2D eigenvalue weighted by molar-refractivity contribution is 7.14. The van der Waals surface area contributed by atoms with E-state index in [0.717, 1.165) is 17.5 Å². The van der Waals surface area contributed by atoms with E-state index in [2.05, 4.69) is 6.92 Å². The number of allylic oxidation sites excluding steroid dienone is 1. The van der Waals surface area contributed by atoms with Crippen molar-refractivity contribution >= 4 is 28.9 Å². The van der Waals surface area contributed by atoms with Crippen LogP contribution in [0.4, 0.5) is 5.69 Å². The predicted molar refractivity (Wildman–Crippen MR) is 117 cm³/mol. The van der Waals surface area contributed by atoms with Gasteiger partial charge in [-0.1, -0.05) is 31.2 Å². The number of carbonyl (C=O) groups is 1. The first kappa shape index (κ1) is 21.3. The Hall–Kier alpha value is -3.45. The number of para-hydroxylation sites is 2. The number of benzene rings is 2. The van der Waals surface area contributed by atoms with Crippen molar-refractivity contribution < 1.29 is 19.2 Å². The molecule has 154 valence electrons. The van der Waals surface area contributed by atoms with Crippen LogP contribution >= 0.6 is 11.3 Å². The molecule has 0 saturated carbocycles. The number of nitrogens with zero attached hydrogens (tertiary/aromatic N) is 1. The highest BCUT2D eigenvalue weighted by atomic mass is 32.1. The van der Waals surface area contributed by atoms with Crippen LogP contribution in [0.25, 0.3) is 6.08 Å². The third-order valence-electron chi connectivity index (χ3n) is 4.43. The van der Waals surface area contributed by atoms with Crippen LogP contribution in [0.1, 0.15) is 32.6 Å². The molecule has 7 heteroatoms. The van der Waals surface area contributed by atoms with Crippen molar-refractivity contribution in [3.63, 3.8) is 0 Å². The maximum absolute atomic E-state index is 12.4. The van der Waals surface area contributed by atoms with Crippen molar-refractivity contribution in [2.75, 3.05) is 7.11 Å². The van der Waals surface area contributed by atoms with Crippen molar-refractivity contribution in [2.24, 2.45) is 0 Å². The zero-order chi connectivity index (χ0) is 21.5. The highest BCUT2D eigenvalue weighted by Crippen LogP contribution is 2.29. The molecular weight excluding hydrogens is 402 g/mol. The molecule has 0 spiro atoms. The van der Waals surface area contributed by atoms with E-state index in [-0.39, 0.29) is 23.8 Å². The zero-order valence-electron chi connectivity index (χ0n) is 16.7. The molecule has 0 bridgehead atoms. The molecule has 0 unspecified atom stereocenters. The topological polar surface area (TPSA) is 78.7 Å². The van der Waals surface area contributed by atoms with Crippen molar-refractivity contribution in [3.05, 3.63) is 91.7 Å². The number of ether oxygens (including phenoxy) is 2. The molecule has 0 aliphatic heterocycles. The van der Waals surface area contributed by atoms with Crippen LogP contribution in [0.2, 0.25) is 0 Å². The number of rotatable bonds is 9. The Labute approximate surface area is 178 Å². The molecule has 0 fully saturated rings. The van der Waals surface area contributed by atoms with E-state index in [9.17, 15) is 14.9 Å². The number of nitro groups is 1. The van der Waals surface area contributed by atoms with Crippen LogP contribution in [0.15, 0.2) is 60.7 Å². The average Bonchev–Trinajstić information content (AvgIpc) is 3.25. The number of hydrogen-bond acceptors (Lipinski definition) is 6. The van der Waals surface area contributed by atoms with E-state index >= 15 is 0 Å². The first-order valence-electron chi connectivity index (χ1n) is 9.36. The molecule has 3 aromatic rings. The summed E-state index contributed by atoms with van der Waals surface area (Å²) in [6.45, 7) is 2.15. The molecule has 2 aromatic carbocycles. The van der Waals surface area contributed by atoms with Crippen molar-refractivity contribution in [1.29, 1.82) is 0 Å². The summed E-state index contributed by atoms with van der Waals surface area (Å²) in [5.74, 6) is 0.737. The number of methoxy groups -OCH3 is 1. The Morgan fingerprint density at radius 3 is 2.63 bits per heavy atom. The predicted octanol–water partition coefficient (Wildman–Crippen LogP) is 5.70. The van der Waals surface area contributed by atoms with Crippen LogP contribution in [0.5, 0.6) is 11.5 Å². The average molecular weight is 423 g/mol. The van der Waals surface area contributed by atoms with E-state index in [4.69, 9.17) is 9.47 Å². The maximum Gasteiger partial charge on any atom is 0.310 e. The normalized spacial score (nSPS) is 10.9. The molecule has 30 heavy (non-hydrogen) atoms. The molecule has 6 nitrogen and oxygen atoms in total. The Kier molecular flexibility index (Phi) is 6.98. The lowest BCUT2D eigenvalue weighted by atomic mass is 10.1.